The number of hydrogen-bond acceptors (Lipinski definition) is 3. The lowest BCUT2D eigenvalue weighted by molar-refractivity contribution is 0.130. The molecule has 0 bridgehead atoms. The molecule has 0 unspecified atom stereocenters. The Bertz CT molecular complexity index is 366. The highest BCUT2D eigenvalue weighted by atomic mass is 35.5. The highest BCUT2D eigenvalue weighted by Crippen LogP contribution is 2.29. The molecule has 0 radical (unpaired) electrons. The van der Waals surface area contributed by atoms with E-state index in [1.807, 2.05) is 20.8 Å². The average molecular weight is 264 g/mol. The van der Waals surface area contributed by atoms with Crippen LogP contribution in [0.2, 0.25) is 0 Å². The maximum Gasteiger partial charge on any atom is 0.120 e. The van der Waals surface area contributed by atoms with Gasteiger partial charge in [0.2, 0.25) is 0 Å². The smallest absolute Gasteiger partial charge is 0.120 e. The molecule has 0 aromatic heterocycles. The van der Waals surface area contributed by atoms with Gasteiger partial charge in [-0.1, -0.05) is 0 Å². The van der Waals surface area contributed by atoms with Crippen molar-refractivity contribution in [1.82, 2.24) is 0 Å². The molecule has 3 N–H and O–H groups in total. The SMILES string of the molecule is CC(C)(C)Oc1ccc(O)c([C@@H](N)CF)c1.Cl. The molecular weight excluding hydrogens is 245 g/mol. The fraction of sp³-hybridized carbons (Fsp3) is 0.500. The van der Waals surface area contributed by atoms with E-state index in [0.717, 1.165) is 0 Å². The molecule has 0 saturated heterocycles. The minimum Gasteiger partial charge on any atom is -0.508 e. The maximum atomic E-state index is 12.4. The zero-order chi connectivity index (χ0) is 12.3. The van der Waals surface area contributed by atoms with Crippen molar-refractivity contribution in [2.75, 3.05) is 6.67 Å². The molecule has 0 amide bonds. The second-order valence-corrected chi connectivity index (χ2v) is 4.70. The van der Waals surface area contributed by atoms with E-state index in [9.17, 15) is 9.50 Å². The van der Waals surface area contributed by atoms with E-state index in [1.54, 1.807) is 12.1 Å². The lowest BCUT2D eigenvalue weighted by Gasteiger charge is -2.22. The standard InChI is InChI=1S/C12H18FNO2.ClH/c1-12(2,3)16-8-4-5-11(15)9(6-8)10(14)7-13;/h4-6,10,15H,7,14H2,1-3H3;1H/t10-;/m0./s1. The summed E-state index contributed by atoms with van der Waals surface area (Å²) in [5.41, 5.74) is 5.56. The highest BCUT2D eigenvalue weighted by molar-refractivity contribution is 5.85. The average Bonchev–Trinajstić information content (AvgIpc) is 2.18. The Kier molecular flexibility index (Phi) is 5.72. The number of halogens is 2. The number of nitrogens with two attached hydrogens (primary N) is 1. The lowest BCUT2D eigenvalue weighted by Crippen LogP contribution is -2.23. The van der Waals surface area contributed by atoms with Gasteiger partial charge in [0.1, 0.15) is 23.8 Å². The van der Waals surface area contributed by atoms with Crippen molar-refractivity contribution in [1.29, 1.82) is 0 Å². The van der Waals surface area contributed by atoms with Crippen molar-refractivity contribution in [3.63, 3.8) is 0 Å². The Balaban J connectivity index is 0.00000256. The van der Waals surface area contributed by atoms with Gasteiger partial charge in [-0.15, -0.1) is 12.4 Å². The predicted molar refractivity (Wildman–Crippen MR) is 68.6 cm³/mol. The van der Waals surface area contributed by atoms with Gasteiger partial charge >= 0.3 is 0 Å². The number of phenols is 1. The van der Waals surface area contributed by atoms with E-state index in [0.29, 0.717) is 11.3 Å². The molecule has 0 spiro atoms. The van der Waals surface area contributed by atoms with Gasteiger partial charge in [-0.3, -0.25) is 0 Å². The molecule has 3 nitrogen and oxygen atoms in total. The van der Waals surface area contributed by atoms with E-state index in [1.165, 1.54) is 6.07 Å². The molecule has 98 valence electrons. The van der Waals surface area contributed by atoms with Crippen LogP contribution in [-0.4, -0.2) is 17.4 Å². The van der Waals surface area contributed by atoms with Gasteiger partial charge < -0.3 is 15.6 Å². The maximum absolute atomic E-state index is 12.4. The van der Waals surface area contributed by atoms with Crippen LogP contribution in [0.3, 0.4) is 0 Å². The molecular formula is C12H19ClFNO2. The molecule has 17 heavy (non-hydrogen) atoms. The van der Waals surface area contributed by atoms with Crippen molar-refractivity contribution in [3.8, 4) is 11.5 Å². The molecule has 0 fully saturated rings. The van der Waals surface area contributed by atoms with E-state index in [2.05, 4.69) is 0 Å². The van der Waals surface area contributed by atoms with Gasteiger partial charge in [0.05, 0.1) is 6.04 Å². The summed E-state index contributed by atoms with van der Waals surface area (Å²) >= 11 is 0. The lowest BCUT2D eigenvalue weighted by atomic mass is 10.1. The fourth-order valence-electron chi connectivity index (χ4n) is 1.33. The molecule has 0 aliphatic rings. The molecule has 0 aliphatic heterocycles. The van der Waals surface area contributed by atoms with Crippen LogP contribution in [0.4, 0.5) is 4.39 Å². The second-order valence-electron chi connectivity index (χ2n) is 4.70. The van der Waals surface area contributed by atoms with Crippen molar-refractivity contribution >= 4 is 12.4 Å². The molecule has 1 aromatic carbocycles. The first kappa shape index (κ1) is 16.0. The van der Waals surface area contributed by atoms with E-state index in [-0.39, 0.29) is 23.8 Å². The Labute approximate surface area is 107 Å². The van der Waals surface area contributed by atoms with Gasteiger partial charge in [0, 0.05) is 5.56 Å². The molecule has 1 atom stereocenters. The third kappa shape index (κ3) is 4.79. The fourth-order valence-corrected chi connectivity index (χ4v) is 1.33. The number of rotatable bonds is 3. The second kappa shape index (κ2) is 6.07. The summed E-state index contributed by atoms with van der Waals surface area (Å²) in [4.78, 5) is 0. The van der Waals surface area contributed by atoms with Crippen LogP contribution in [0.15, 0.2) is 18.2 Å². The minimum absolute atomic E-state index is 0. The monoisotopic (exact) mass is 263 g/mol. The van der Waals surface area contributed by atoms with Crippen molar-refractivity contribution in [2.24, 2.45) is 5.73 Å². The number of aromatic hydroxyl groups is 1. The van der Waals surface area contributed by atoms with E-state index < -0.39 is 12.7 Å². The first-order valence-corrected chi connectivity index (χ1v) is 5.17. The van der Waals surface area contributed by atoms with Crippen LogP contribution < -0.4 is 10.5 Å². The van der Waals surface area contributed by atoms with Gasteiger partial charge in [-0.25, -0.2) is 4.39 Å². The summed E-state index contributed by atoms with van der Waals surface area (Å²) in [7, 11) is 0. The summed E-state index contributed by atoms with van der Waals surface area (Å²) < 4.78 is 18.0. The third-order valence-corrected chi connectivity index (χ3v) is 1.99. The summed E-state index contributed by atoms with van der Waals surface area (Å²) in [5, 5.41) is 9.53. The van der Waals surface area contributed by atoms with Crippen LogP contribution in [0.25, 0.3) is 0 Å². The molecule has 5 heteroatoms. The number of phenolic OH excluding ortho intramolecular Hbond substituents is 1. The number of alkyl halides is 1. The molecule has 1 aromatic rings. The first-order valence-electron chi connectivity index (χ1n) is 5.17. The molecule has 0 aliphatic carbocycles. The summed E-state index contributed by atoms with van der Waals surface area (Å²) in [6, 6.07) is 3.86. The van der Waals surface area contributed by atoms with Crippen LogP contribution in [0, 0.1) is 0 Å². The normalized spacial score (nSPS) is 12.8. The van der Waals surface area contributed by atoms with Gasteiger partial charge in [-0.05, 0) is 39.0 Å². The topological polar surface area (TPSA) is 55.5 Å². The van der Waals surface area contributed by atoms with Gasteiger partial charge in [-0.2, -0.15) is 0 Å². The Morgan fingerprint density at radius 2 is 2.00 bits per heavy atom. The third-order valence-electron chi connectivity index (χ3n) is 1.99. The summed E-state index contributed by atoms with van der Waals surface area (Å²) in [6.45, 7) is 5.02. The first-order chi connectivity index (χ1) is 7.33. The van der Waals surface area contributed by atoms with Crippen molar-refractivity contribution in [2.45, 2.75) is 32.4 Å². The molecule has 0 heterocycles. The summed E-state index contributed by atoms with van der Waals surface area (Å²) in [5.74, 6) is 0.565. The highest BCUT2D eigenvalue weighted by Gasteiger charge is 2.15. The molecule has 1 rings (SSSR count). The Morgan fingerprint density at radius 1 is 1.41 bits per heavy atom. The zero-order valence-electron chi connectivity index (χ0n) is 10.2. The van der Waals surface area contributed by atoms with E-state index >= 15 is 0 Å². The summed E-state index contributed by atoms with van der Waals surface area (Å²) in [6.07, 6.45) is 0. The van der Waals surface area contributed by atoms with Crippen LogP contribution in [0.1, 0.15) is 32.4 Å². The number of benzene rings is 1. The predicted octanol–water partition coefficient (Wildman–Crippen LogP) is 2.96. The van der Waals surface area contributed by atoms with Gasteiger partial charge in [0.25, 0.3) is 0 Å². The van der Waals surface area contributed by atoms with Gasteiger partial charge in [0.15, 0.2) is 0 Å². The van der Waals surface area contributed by atoms with Crippen LogP contribution in [-0.2, 0) is 0 Å². The molecule has 0 saturated carbocycles. The number of ether oxygens (including phenoxy) is 1. The minimum atomic E-state index is -0.816. The zero-order valence-corrected chi connectivity index (χ0v) is 11.1. The van der Waals surface area contributed by atoms with Crippen molar-refractivity contribution in [3.05, 3.63) is 23.8 Å². The van der Waals surface area contributed by atoms with E-state index in [4.69, 9.17) is 10.5 Å². The van der Waals surface area contributed by atoms with Crippen LogP contribution in [0.5, 0.6) is 11.5 Å². The largest absolute Gasteiger partial charge is 0.508 e. The Morgan fingerprint density at radius 3 is 2.47 bits per heavy atom. The van der Waals surface area contributed by atoms with Crippen LogP contribution >= 0.6 is 12.4 Å². The van der Waals surface area contributed by atoms with Crippen molar-refractivity contribution < 1.29 is 14.2 Å². The Hall–Kier alpha value is -1.00. The number of hydrogen-bond donors (Lipinski definition) is 2. The quantitative estimate of drug-likeness (QED) is 0.882.